The monoisotopic (exact) mass is 345 g/mol. The smallest absolute Gasteiger partial charge is 0.276 e. The third-order valence-electron chi connectivity index (χ3n) is 4.04. The molecule has 8 heteroatoms. The Labute approximate surface area is 142 Å². The number of H-pyrrole nitrogens is 1. The van der Waals surface area contributed by atoms with Crippen LogP contribution < -0.4 is 10.9 Å². The molecule has 3 rings (SSSR count). The maximum Gasteiger partial charge on any atom is 0.276 e. The molecule has 126 valence electrons. The zero-order valence-corrected chi connectivity index (χ0v) is 14.9. The molecule has 0 aliphatic rings. The summed E-state index contributed by atoms with van der Waals surface area (Å²) in [5.41, 5.74) is 3.16. The number of rotatable bonds is 4. The lowest BCUT2D eigenvalue weighted by Crippen LogP contribution is -2.14. The van der Waals surface area contributed by atoms with Crippen LogP contribution in [0.25, 0.3) is 11.0 Å². The number of fused-ring (bicyclic) bond motifs is 1. The predicted molar refractivity (Wildman–Crippen MR) is 94.6 cm³/mol. The summed E-state index contributed by atoms with van der Waals surface area (Å²) in [6, 6.07) is 0. The van der Waals surface area contributed by atoms with Gasteiger partial charge in [0.25, 0.3) is 5.56 Å². The molecular weight excluding hydrogens is 326 g/mol. The van der Waals surface area contributed by atoms with Gasteiger partial charge in [0, 0.05) is 30.2 Å². The maximum atomic E-state index is 12.2. The number of hydrogen-bond acceptors (Lipinski definition) is 5. The molecule has 0 aromatic carbocycles. The van der Waals surface area contributed by atoms with Gasteiger partial charge in [-0.05, 0) is 38.3 Å². The standard InChI is InChI=1S/C16H19N5O2S/c1-8-7-17-16(24-8)19-12(22)6-5-11-9(2)13-14(18-10(11)3)20-21(4)15(13)23/h7H,5-6H2,1-4H3,(H,18,20)(H,17,19,22). The summed E-state index contributed by atoms with van der Waals surface area (Å²) >= 11 is 1.45. The Bertz CT molecular complexity index is 982. The number of aromatic amines is 1. The van der Waals surface area contributed by atoms with Crippen molar-refractivity contribution in [1.29, 1.82) is 0 Å². The minimum absolute atomic E-state index is 0.0924. The molecule has 0 saturated carbocycles. The average Bonchev–Trinajstić information content (AvgIpc) is 3.02. The number of carbonyl (C=O) groups is 1. The first-order chi connectivity index (χ1) is 11.4. The van der Waals surface area contributed by atoms with Gasteiger partial charge >= 0.3 is 0 Å². The van der Waals surface area contributed by atoms with Crippen molar-refractivity contribution >= 4 is 33.4 Å². The molecule has 0 unspecified atom stereocenters. The number of thiazole rings is 1. The van der Waals surface area contributed by atoms with Gasteiger partial charge in [0.05, 0.1) is 5.39 Å². The number of nitrogens with one attached hydrogen (secondary N) is 2. The number of carbonyl (C=O) groups excluding carboxylic acids is 1. The molecule has 0 radical (unpaired) electrons. The summed E-state index contributed by atoms with van der Waals surface area (Å²) < 4.78 is 1.42. The van der Waals surface area contributed by atoms with Crippen molar-refractivity contribution in [2.24, 2.45) is 7.05 Å². The highest BCUT2D eigenvalue weighted by atomic mass is 32.1. The van der Waals surface area contributed by atoms with E-state index in [2.05, 4.69) is 20.4 Å². The molecule has 0 spiro atoms. The lowest BCUT2D eigenvalue weighted by atomic mass is 10.0. The fourth-order valence-corrected chi connectivity index (χ4v) is 3.49. The summed E-state index contributed by atoms with van der Waals surface area (Å²) in [7, 11) is 1.67. The van der Waals surface area contributed by atoms with E-state index in [-0.39, 0.29) is 11.5 Å². The second-order valence-corrected chi connectivity index (χ2v) is 7.06. The molecule has 0 atom stereocenters. The van der Waals surface area contributed by atoms with Gasteiger partial charge in [-0.15, -0.1) is 11.3 Å². The van der Waals surface area contributed by atoms with E-state index in [1.807, 2.05) is 20.8 Å². The van der Waals surface area contributed by atoms with Gasteiger partial charge < -0.3 is 5.32 Å². The van der Waals surface area contributed by atoms with E-state index < -0.39 is 0 Å². The van der Waals surface area contributed by atoms with E-state index in [9.17, 15) is 9.59 Å². The molecule has 3 heterocycles. The van der Waals surface area contributed by atoms with E-state index in [0.29, 0.717) is 29.0 Å². The Kier molecular flexibility index (Phi) is 4.23. The van der Waals surface area contributed by atoms with Crippen molar-refractivity contribution in [2.75, 3.05) is 5.32 Å². The lowest BCUT2D eigenvalue weighted by Gasteiger charge is -2.09. The van der Waals surface area contributed by atoms with E-state index in [4.69, 9.17) is 0 Å². The number of hydrogen-bond donors (Lipinski definition) is 2. The molecule has 7 nitrogen and oxygen atoms in total. The summed E-state index contributed by atoms with van der Waals surface area (Å²) in [6.45, 7) is 5.75. The number of anilines is 1. The highest BCUT2D eigenvalue weighted by Crippen LogP contribution is 2.21. The SMILES string of the molecule is Cc1cnc(NC(=O)CCc2c(C)nc3[nH]n(C)c(=O)c3c2C)s1. The minimum atomic E-state index is -0.0982. The van der Waals surface area contributed by atoms with E-state index in [0.717, 1.165) is 21.7 Å². The van der Waals surface area contributed by atoms with E-state index in [1.54, 1.807) is 13.2 Å². The number of nitrogens with zero attached hydrogens (tertiary/aromatic N) is 3. The topological polar surface area (TPSA) is 92.7 Å². The number of amides is 1. The molecule has 0 bridgehead atoms. The molecule has 0 aliphatic carbocycles. The van der Waals surface area contributed by atoms with Crippen LogP contribution in [0.3, 0.4) is 0 Å². The van der Waals surface area contributed by atoms with Crippen molar-refractivity contribution < 1.29 is 4.79 Å². The summed E-state index contributed by atoms with van der Waals surface area (Å²) in [4.78, 5) is 34.0. The first-order valence-corrected chi connectivity index (χ1v) is 8.45. The highest BCUT2D eigenvalue weighted by Gasteiger charge is 2.16. The Balaban J connectivity index is 1.81. The quantitative estimate of drug-likeness (QED) is 0.758. The molecule has 24 heavy (non-hydrogen) atoms. The van der Waals surface area contributed by atoms with Crippen LogP contribution in [-0.4, -0.2) is 25.7 Å². The predicted octanol–water partition coefficient (Wildman–Crippen LogP) is 2.21. The lowest BCUT2D eigenvalue weighted by molar-refractivity contribution is -0.116. The Morgan fingerprint density at radius 1 is 1.38 bits per heavy atom. The van der Waals surface area contributed by atoms with Gasteiger partial charge in [-0.2, -0.15) is 0 Å². The van der Waals surface area contributed by atoms with Crippen molar-refractivity contribution in [1.82, 2.24) is 19.7 Å². The first kappa shape index (κ1) is 16.4. The maximum absolute atomic E-state index is 12.2. The van der Waals surface area contributed by atoms with E-state index in [1.165, 1.54) is 16.0 Å². The normalized spacial score (nSPS) is 11.2. The average molecular weight is 345 g/mol. The van der Waals surface area contributed by atoms with Gasteiger partial charge in [0.15, 0.2) is 10.8 Å². The fraction of sp³-hybridized carbons (Fsp3) is 0.375. The zero-order chi connectivity index (χ0) is 17.4. The van der Waals surface area contributed by atoms with Crippen molar-refractivity contribution in [3.8, 4) is 0 Å². The van der Waals surface area contributed by atoms with Crippen LogP contribution in [0, 0.1) is 20.8 Å². The van der Waals surface area contributed by atoms with Gasteiger partial charge in [-0.25, -0.2) is 9.97 Å². The zero-order valence-electron chi connectivity index (χ0n) is 14.1. The van der Waals surface area contributed by atoms with Crippen LogP contribution in [0.15, 0.2) is 11.0 Å². The van der Waals surface area contributed by atoms with Gasteiger partial charge in [0.2, 0.25) is 5.91 Å². The number of aromatic nitrogens is 4. The van der Waals surface area contributed by atoms with Crippen molar-refractivity contribution in [3.63, 3.8) is 0 Å². The van der Waals surface area contributed by atoms with Gasteiger partial charge in [-0.3, -0.25) is 19.4 Å². The molecule has 0 aliphatic heterocycles. The van der Waals surface area contributed by atoms with Crippen LogP contribution >= 0.6 is 11.3 Å². The van der Waals surface area contributed by atoms with Crippen LogP contribution in [-0.2, 0) is 18.3 Å². The Hall–Kier alpha value is -2.48. The van der Waals surface area contributed by atoms with Gasteiger partial charge in [-0.1, -0.05) is 0 Å². The van der Waals surface area contributed by atoms with Crippen molar-refractivity contribution in [2.45, 2.75) is 33.6 Å². The fourth-order valence-electron chi connectivity index (χ4n) is 2.81. The van der Waals surface area contributed by atoms with E-state index >= 15 is 0 Å². The van der Waals surface area contributed by atoms with Crippen LogP contribution in [0.5, 0.6) is 0 Å². The van der Waals surface area contributed by atoms with Crippen molar-refractivity contribution in [3.05, 3.63) is 38.2 Å². The second kappa shape index (κ2) is 6.20. The molecular formula is C16H19N5O2S. The minimum Gasteiger partial charge on any atom is -0.302 e. The Morgan fingerprint density at radius 2 is 2.12 bits per heavy atom. The molecule has 3 aromatic heterocycles. The van der Waals surface area contributed by atoms with Gasteiger partial charge in [0.1, 0.15) is 0 Å². The summed E-state index contributed by atoms with van der Waals surface area (Å²) in [5.74, 6) is -0.0924. The van der Waals surface area contributed by atoms with Crippen LogP contribution in [0.2, 0.25) is 0 Å². The molecule has 3 aromatic rings. The molecule has 0 fully saturated rings. The highest BCUT2D eigenvalue weighted by molar-refractivity contribution is 7.15. The third kappa shape index (κ3) is 2.96. The second-order valence-electron chi connectivity index (χ2n) is 5.82. The first-order valence-electron chi connectivity index (χ1n) is 7.64. The van der Waals surface area contributed by atoms with Crippen LogP contribution in [0.4, 0.5) is 5.13 Å². The third-order valence-corrected chi connectivity index (χ3v) is 4.87. The molecule has 0 saturated heterocycles. The largest absolute Gasteiger partial charge is 0.302 e. The summed E-state index contributed by atoms with van der Waals surface area (Å²) in [5, 5.41) is 6.94. The number of pyridine rings is 1. The van der Waals surface area contributed by atoms with Crippen LogP contribution in [0.1, 0.15) is 28.1 Å². The summed E-state index contributed by atoms with van der Waals surface area (Å²) in [6.07, 6.45) is 2.58. The molecule has 2 N–H and O–H groups in total. The Morgan fingerprint density at radius 3 is 2.79 bits per heavy atom. The number of aryl methyl sites for hydroxylation is 4. The molecule has 1 amide bonds.